The molecule has 0 radical (unpaired) electrons. The first-order chi connectivity index (χ1) is 10.2. The van der Waals surface area contributed by atoms with Gasteiger partial charge in [0.2, 0.25) is 0 Å². The predicted octanol–water partition coefficient (Wildman–Crippen LogP) is 2.55. The maximum atomic E-state index is 12.4. The van der Waals surface area contributed by atoms with E-state index < -0.39 is 23.4 Å². The van der Waals surface area contributed by atoms with Crippen LogP contribution in [0.15, 0.2) is 5.38 Å². The molecule has 1 rings (SSSR count). The molecule has 0 aromatic carbocycles. The summed E-state index contributed by atoms with van der Waals surface area (Å²) < 4.78 is 37.2. The van der Waals surface area contributed by atoms with Crippen LogP contribution in [0.1, 0.15) is 37.4 Å². The summed E-state index contributed by atoms with van der Waals surface area (Å²) in [5.74, 6) is 0. The molecule has 1 aromatic heterocycles. The lowest BCUT2D eigenvalue weighted by atomic mass is 9.95. The van der Waals surface area contributed by atoms with Gasteiger partial charge in [-0.1, -0.05) is 6.92 Å². The fraction of sp³-hybridized carbons (Fsp3) is 0.692. The van der Waals surface area contributed by atoms with Crippen LogP contribution in [-0.4, -0.2) is 34.8 Å². The third-order valence-electron chi connectivity index (χ3n) is 3.33. The van der Waals surface area contributed by atoms with Gasteiger partial charge in [-0.05, 0) is 19.8 Å². The lowest BCUT2D eigenvalue weighted by molar-refractivity contribution is -0.140. The number of rotatable bonds is 7. The average Bonchev–Trinajstić information content (AvgIpc) is 2.87. The molecule has 0 aliphatic carbocycles. The van der Waals surface area contributed by atoms with Crippen LogP contribution < -0.4 is 10.6 Å². The standard InChI is InChI=1S/C13H20F3N3O2S/c1-3-12(2,5-7-20)19-11(21)17-6-4-10-18-9(8-22-10)13(14,15)16/h8,20H,3-7H2,1-2H3,(H2,17,19,21). The Morgan fingerprint density at radius 3 is 2.64 bits per heavy atom. The van der Waals surface area contributed by atoms with Gasteiger partial charge in [-0.2, -0.15) is 13.2 Å². The molecule has 1 unspecified atom stereocenters. The van der Waals surface area contributed by atoms with Gasteiger partial charge in [0.15, 0.2) is 5.69 Å². The molecule has 1 atom stereocenters. The van der Waals surface area contributed by atoms with Crippen molar-refractivity contribution in [1.82, 2.24) is 15.6 Å². The van der Waals surface area contributed by atoms with E-state index in [-0.39, 0.29) is 19.6 Å². The second-order valence-corrected chi connectivity index (χ2v) is 6.09. The van der Waals surface area contributed by atoms with Gasteiger partial charge in [0, 0.05) is 30.5 Å². The first kappa shape index (κ1) is 18.7. The van der Waals surface area contributed by atoms with Crippen LogP contribution in [0.5, 0.6) is 0 Å². The van der Waals surface area contributed by atoms with Crippen molar-refractivity contribution >= 4 is 17.4 Å². The summed E-state index contributed by atoms with van der Waals surface area (Å²) in [6.07, 6.45) is -3.12. The Labute approximate surface area is 130 Å². The molecule has 3 N–H and O–H groups in total. The number of aliphatic hydroxyl groups is 1. The summed E-state index contributed by atoms with van der Waals surface area (Å²) in [7, 11) is 0. The molecular formula is C13H20F3N3O2S. The van der Waals surface area contributed by atoms with Crippen molar-refractivity contribution in [3.63, 3.8) is 0 Å². The molecule has 0 aliphatic rings. The molecule has 0 saturated carbocycles. The van der Waals surface area contributed by atoms with Crippen LogP contribution in [-0.2, 0) is 12.6 Å². The number of amides is 2. The summed E-state index contributed by atoms with van der Waals surface area (Å²) in [5.41, 5.74) is -1.41. The molecule has 1 aromatic rings. The number of aromatic nitrogens is 1. The normalized spacial score (nSPS) is 14.5. The van der Waals surface area contributed by atoms with E-state index in [1.165, 1.54) is 0 Å². The van der Waals surface area contributed by atoms with E-state index in [1.54, 1.807) is 0 Å². The van der Waals surface area contributed by atoms with Crippen LogP contribution in [0.3, 0.4) is 0 Å². The van der Waals surface area contributed by atoms with E-state index in [1.807, 2.05) is 13.8 Å². The average molecular weight is 339 g/mol. The largest absolute Gasteiger partial charge is 0.434 e. The lowest BCUT2D eigenvalue weighted by Gasteiger charge is -2.28. The number of hydrogen-bond acceptors (Lipinski definition) is 4. The van der Waals surface area contributed by atoms with E-state index in [2.05, 4.69) is 15.6 Å². The maximum absolute atomic E-state index is 12.4. The van der Waals surface area contributed by atoms with Crippen LogP contribution in [0, 0.1) is 0 Å². The van der Waals surface area contributed by atoms with Crippen LogP contribution in [0.25, 0.3) is 0 Å². The van der Waals surface area contributed by atoms with Gasteiger partial charge in [-0.25, -0.2) is 9.78 Å². The second-order valence-electron chi connectivity index (χ2n) is 5.14. The molecule has 0 saturated heterocycles. The molecule has 9 heteroatoms. The molecule has 1 heterocycles. The lowest BCUT2D eigenvalue weighted by Crippen LogP contribution is -2.50. The maximum Gasteiger partial charge on any atom is 0.434 e. The van der Waals surface area contributed by atoms with Gasteiger partial charge < -0.3 is 15.7 Å². The number of carbonyl (C=O) groups excluding carboxylic acids is 1. The van der Waals surface area contributed by atoms with Crippen molar-refractivity contribution in [2.24, 2.45) is 0 Å². The monoisotopic (exact) mass is 339 g/mol. The summed E-state index contributed by atoms with van der Waals surface area (Å²) >= 11 is 0.918. The molecular weight excluding hydrogens is 319 g/mol. The number of urea groups is 1. The third-order valence-corrected chi connectivity index (χ3v) is 4.23. The molecule has 0 aliphatic heterocycles. The SMILES string of the molecule is CCC(C)(CCO)NC(=O)NCCc1nc(C(F)(F)F)cs1. The number of nitrogens with zero attached hydrogens (tertiary/aromatic N) is 1. The number of alkyl halides is 3. The quantitative estimate of drug-likeness (QED) is 0.715. The zero-order chi connectivity index (χ0) is 16.8. The van der Waals surface area contributed by atoms with Crippen LogP contribution in [0.4, 0.5) is 18.0 Å². The van der Waals surface area contributed by atoms with Gasteiger partial charge in [0.25, 0.3) is 0 Å². The van der Waals surface area contributed by atoms with Crippen molar-refractivity contribution in [2.45, 2.75) is 44.8 Å². The van der Waals surface area contributed by atoms with Crippen molar-refractivity contribution in [3.8, 4) is 0 Å². The zero-order valence-electron chi connectivity index (χ0n) is 12.5. The molecule has 0 fully saturated rings. The van der Waals surface area contributed by atoms with Crippen molar-refractivity contribution in [3.05, 3.63) is 16.1 Å². The van der Waals surface area contributed by atoms with Gasteiger partial charge in [0.1, 0.15) is 0 Å². The minimum absolute atomic E-state index is 0.0377. The Kier molecular flexibility index (Phi) is 6.61. The number of hydrogen-bond donors (Lipinski definition) is 3. The first-order valence-electron chi connectivity index (χ1n) is 6.88. The summed E-state index contributed by atoms with van der Waals surface area (Å²) in [6.45, 7) is 3.86. The Bertz CT molecular complexity index is 493. The fourth-order valence-electron chi connectivity index (χ4n) is 1.73. The van der Waals surface area contributed by atoms with Crippen molar-refractivity contribution in [2.75, 3.05) is 13.2 Å². The first-order valence-corrected chi connectivity index (χ1v) is 7.76. The fourth-order valence-corrected chi connectivity index (χ4v) is 2.54. The number of thiazole rings is 1. The molecule has 0 spiro atoms. The minimum Gasteiger partial charge on any atom is -0.396 e. The predicted molar refractivity (Wildman–Crippen MR) is 77.8 cm³/mol. The summed E-state index contributed by atoms with van der Waals surface area (Å²) in [6, 6.07) is -0.412. The van der Waals surface area contributed by atoms with Gasteiger partial charge in [-0.3, -0.25) is 0 Å². The number of nitrogens with one attached hydrogen (secondary N) is 2. The summed E-state index contributed by atoms with van der Waals surface area (Å²) in [4.78, 5) is 15.2. The van der Waals surface area contributed by atoms with E-state index in [9.17, 15) is 18.0 Å². The highest BCUT2D eigenvalue weighted by atomic mass is 32.1. The van der Waals surface area contributed by atoms with E-state index in [0.29, 0.717) is 17.8 Å². The number of aliphatic hydroxyl groups excluding tert-OH is 1. The van der Waals surface area contributed by atoms with Crippen molar-refractivity contribution < 1.29 is 23.1 Å². The smallest absolute Gasteiger partial charge is 0.396 e. The van der Waals surface area contributed by atoms with Crippen LogP contribution >= 0.6 is 11.3 Å². The third kappa shape index (κ3) is 5.80. The zero-order valence-corrected chi connectivity index (χ0v) is 13.3. The Morgan fingerprint density at radius 1 is 1.45 bits per heavy atom. The molecule has 5 nitrogen and oxygen atoms in total. The highest BCUT2D eigenvalue weighted by Gasteiger charge is 2.33. The molecule has 126 valence electrons. The molecule has 0 bridgehead atoms. The Morgan fingerprint density at radius 2 is 2.14 bits per heavy atom. The van der Waals surface area contributed by atoms with Crippen molar-refractivity contribution in [1.29, 1.82) is 0 Å². The van der Waals surface area contributed by atoms with E-state index >= 15 is 0 Å². The molecule has 22 heavy (non-hydrogen) atoms. The van der Waals surface area contributed by atoms with E-state index in [0.717, 1.165) is 16.7 Å². The number of carbonyl (C=O) groups is 1. The molecule has 2 amide bonds. The number of halogens is 3. The summed E-state index contributed by atoms with van der Waals surface area (Å²) in [5, 5.41) is 15.6. The Balaban J connectivity index is 2.41. The Hall–Kier alpha value is -1.35. The topological polar surface area (TPSA) is 74.2 Å². The highest BCUT2D eigenvalue weighted by Crippen LogP contribution is 2.29. The minimum atomic E-state index is -4.44. The van der Waals surface area contributed by atoms with Crippen LogP contribution in [0.2, 0.25) is 0 Å². The van der Waals surface area contributed by atoms with Gasteiger partial charge >= 0.3 is 12.2 Å². The van der Waals surface area contributed by atoms with E-state index in [4.69, 9.17) is 5.11 Å². The highest BCUT2D eigenvalue weighted by molar-refractivity contribution is 7.09. The second kappa shape index (κ2) is 7.77. The van der Waals surface area contributed by atoms with Gasteiger partial charge in [0.05, 0.1) is 5.01 Å². The van der Waals surface area contributed by atoms with Gasteiger partial charge in [-0.15, -0.1) is 11.3 Å².